The number of rotatable bonds is 2. The molecular formula is C9H9FN2O3. The van der Waals surface area contributed by atoms with Crippen molar-refractivity contribution in [2.24, 2.45) is 5.73 Å². The summed E-state index contributed by atoms with van der Waals surface area (Å²) in [4.78, 5) is 21.4. The Balaban J connectivity index is 2.97. The van der Waals surface area contributed by atoms with Gasteiger partial charge in [-0.15, -0.1) is 0 Å². The third-order valence-electron chi connectivity index (χ3n) is 1.65. The molecule has 0 radical (unpaired) electrons. The zero-order chi connectivity index (χ0) is 11.4. The fourth-order valence-electron chi connectivity index (χ4n) is 0.994. The van der Waals surface area contributed by atoms with Crippen molar-refractivity contribution in [3.05, 3.63) is 29.6 Å². The predicted molar refractivity (Wildman–Crippen MR) is 50.9 cm³/mol. The maximum Gasteiger partial charge on any atom is 0.337 e. The zero-order valence-corrected chi connectivity index (χ0v) is 7.91. The van der Waals surface area contributed by atoms with Gasteiger partial charge in [-0.05, 0) is 18.2 Å². The van der Waals surface area contributed by atoms with Crippen molar-refractivity contribution in [3.63, 3.8) is 0 Å². The second-order valence-electron chi connectivity index (χ2n) is 2.68. The van der Waals surface area contributed by atoms with Crippen LogP contribution in [0.5, 0.6) is 0 Å². The summed E-state index contributed by atoms with van der Waals surface area (Å²) in [5, 5.41) is 2.07. The molecule has 2 amide bonds. The Labute approximate surface area is 85.0 Å². The van der Waals surface area contributed by atoms with Crippen molar-refractivity contribution >= 4 is 17.7 Å². The lowest BCUT2D eigenvalue weighted by atomic mass is 10.2. The number of anilines is 1. The highest BCUT2D eigenvalue weighted by molar-refractivity contribution is 5.91. The molecule has 0 saturated heterocycles. The van der Waals surface area contributed by atoms with E-state index >= 15 is 0 Å². The number of esters is 1. The normalized spacial score (nSPS) is 9.47. The largest absolute Gasteiger partial charge is 0.465 e. The van der Waals surface area contributed by atoms with E-state index in [2.05, 4.69) is 10.1 Å². The van der Waals surface area contributed by atoms with Gasteiger partial charge in [-0.3, -0.25) is 0 Å². The second-order valence-corrected chi connectivity index (χ2v) is 2.68. The van der Waals surface area contributed by atoms with Crippen LogP contribution in [0.25, 0.3) is 0 Å². The number of benzene rings is 1. The van der Waals surface area contributed by atoms with E-state index in [0.717, 1.165) is 6.07 Å². The van der Waals surface area contributed by atoms with Crippen molar-refractivity contribution in [2.45, 2.75) is 0 Å². The van der Waals surface area contributed by atoms with Crippen LogP contribution in [0.3, 0.4) is 0 Å². The van der Waals surface area contributed by atoms with E-state index in [-0.39, 0.29) is 11.3 Å². The molecule has 0 aliphatic rings. The highest BCUT2D eigenvalue weighted by atomic mass is 19.1. The first-order valence-corrected chi connectivity index (χ1v) is 3.99. The quantitative estimate of drug-likeness (QED) is 0.720. The number of nitrogens with two attached hydrogens (primary N) is 1. The maximum absolute atomic E-state index is 13.2. The molecule has 5 nitrogen and oxygen atoms in total. The van der Waals surface area contributed by atoms with Gasteiger partial charge < -0.3 is 15.8 Å². The Morgan fingerprint density at radius 1 is 1.47 bits per heavy atom. The number of hydrogen-bond donors (Lipinski definition) is 2. The number of ether oxygens (including phenoxy) is 1. The number of hydrogen-bond acceptors (Lipinski definition) is 3. The lowest BCUT2D eigenvalue weighted by Crippen LogP contribution is -2.20. The van der Waals surface area contributed by atoms with Crippen LogP contribution in [0.4, 0.5) is 14.9 Å². The Hall–Kier alpha value is -2.11. The van der Waals surface area contributed by atoms with Crippen molar-refractivity contribution < 1.29 is 18.7 Å². The molecule has 0 aliphatic heterocycles. The third-order valence-corrected chi connectivity index (χ3v) is 1.65. The van der Waals surface area contributed by atoms with Crippen LogP contribution in [-0.2, 0) is 4.74 Å². The molecule has 80 valence electrons. The van der Waals surface area contributed by atoms with Crippen molar-refractivity contribution in [3.8, 4) is 0 Å². The summed E-state index contributed by atoms with van der Waals surface area (Å²) in [6.07, 6.45) is 0. The van der Waals surface area contributed by atoms with Crippen molar-refractivity contribution in [1.29, 1.82) is 0 Å². The van der Waals surface area contributed by atoms with Gasteiger partial charge in [0.25, 0.3) is 0 Å². The number of carbonyl (C=O) groups is 2. The standard InChI is InChI=1S/C9H9FN2O3/c1-15-8(13)5-2-3-7(6(10)4-5)12-9(11)14/h2-4H,1H3,(H3,11,12,14). The predicted octanol–water partition coefficient (Wildman–Crippen LogP) is 1.10. The summed E-state index contributed by atoms with van der Waals surface area (Å²) < 4.78 is 17.6. The van der Waals surface area contributed by atoms with E-state index in [4.69, 9.17) is 5.73 Å². The van der Waals surface area contributed by atoms with Crippen LogP contribution in [0.15, 0.2) is 18.2 Å². The average Bonchev–Trinajstić information content (AvgIpc) is 2.19. The van der Waals surface area contributed by atoms with E-state index in [0.29, 0.717) is 0 Å². The molecule has 0 unspecified atom stereocenters. The smallest absolute Gasteiger partial charge is 0.337 e. The molecule has 3 N–H and O–H groups in total. The van der Waals surface area contributed by atoms with Gasteiger partial charge in [0.1, 0.15) is 5.82 Å². The minimum absolute atomic E-state index is 0.0602. The van der Waals surface area contributed by atoms with Gasteiger partial charge in [0.05, 0.1) is 18.4 Å². The van der Waals surface area contributed by atoms with E-state index in [1.54, 1.807) is 0 Å². The Bertz CT molecular complexity index is 406. The van der Waals surface area contributed by atoms with Crippen molar-refractivity contribution in [2.75, 3.05) is 12.4 Å². The van der Waals surface area contributed by atoms with Crippen LogP contribution in [-0.4, -0.2) is 19.1 Å². The first-order valence-electron chi connectivity index (χ1n) is 3.99. The molecule has 0 aromatic heterocycles. The van der Waals surface area contributed by atoms with Gasteiger partial charge in [0.2, 0.25) is 0 Å². The first-order chi connectivity index (χ1) is 7.04. The average molecular weight is 212 g/mol. The van der Waals surface area contributed by atoms with Crippen molar-refractivity contribution in [1.82, 2.24) is 0 Å². The minimum Gasteiger partial charge on any atom is -0.465 e. The minimum atomic E-state index is -0.875. The molecule has 0 fully saturated rings. The summed E-state index contributed by atoms with van der Waals surface area (Å²) in [5.41, 5.74) is 4.78. The van der Waals surface area contributed by atoms with Gasteiger partial charge in [0, 0.05) is 0 Å². The van der Waals surface area contributed by atoms with Gasteiger partial charge in [0.15, 0.2) is 0 Å². The zero-order valence-electron chi connectivity index (χ0n) is 7.91. The molecule has 0 atom stereocenters. The summed E-state index contributed by atoms with van der Waals surface area (Å²) in [6, 6.07) is 2.63. The Morgan fingerprint density at radius 3 is 2.60 bits per heavy atom. The van der Waals surface area contributed by atoms with E-state index < -0.39 is 17.8 Å². The summed E-state index contributed by atoms with van der Waals surface area (Å²) in [5.74, 6) is -1.41. The summed E-state index contributed by atoms with van der Waals surface area (Å²) in [6.45, 7) is 0. The summed E-state index contributed by atoms with van der Waals surface area (Å²) >= 11 is 0. The second kappa shape index (κ2) is 4.41. The SMILES string of the molecule is COC(=O)c1ccc(NC(N)=O)c(F)c1. The number of primary amides is 1. The number of urea groups is 1. The molecule has 0 bridgehead atoms. The fourth-order valence-corrected chi connectivity index (χ4v) is 0.994. The highest BCUT2D eigenvalue weighted by Crippen LogP contribution is 2.15. The monoisotopic (exact) mass is 212 g/mol. The molecule has 1 rings (SSSR count). The van der Waals surface area contributed by atoms with Gasteiger partial charge in [-0.2, -0.15) is 0 Å². The molecule has 0 saturated carbocycles. The Morgan fingerprint density at radius 2 is 2.13 bits per heavy atom. The summed E-state index contributed by atoms with van der Waals surface area (Å²) in [7, 11) is 1.19. The van der Waals surface area contributed by atoms with Crippen LogP contribution in [0.2, 0.25) is 0 Å². The van der Waals surface area contributed by atoms with Gasteiger partial charge in [-0.1, -0.05) is 0 Å². The number of nitrogens with one attached hydrogen (secondary N) is 1. The van der Waals surface area contributed by atoms with Crippen LogP contribution in [0.1, 0.15) is 10.4 Å². The molecule has 1 aromatic carbocycles. The van der Waals surface area contributed by atoms with E-state index in [9.17, 15) is 14.0 Å². The van der Waals surface area contributed by atoms with Crippen LogP contribution < -0.4 is 11.1 Å². The molecule has 6 heteroatoms. The molecule has 0 aliphatic carbocycles. The topological polar surface area (TPSA) is 81.4 Å². The fraction of sp³-hybridized carbons (Fsp3) is 0.111. The van der Waals surface area contributed by atoms with Crippen LogP contribution >= 0.6 is 0 Å². The number of amides is 2. The molecular weight excluding hydrogens is 203 g/mol. The molecule has 15 heavy (non-hydrogen) atoms. The van der Waals surface area contributed by atoms with Crippen LogP contribution in [0, 0.1) is 5.82 Å². The lowest BCUT2D eigenvalue weighted by molar-refractivity contribution is 0.0600. The lowest BCUT2D eigenvalue weighted by Gasteiger charge is -2.04. The van der Waals surface area contributed by atoms with Gasteiger partial charge in [-0.25, -0.2) is 14.0 Å². The highest BCUT2D eigenvalue weighted by Gasteiger charge is 2.10. The number of halogens is 1. The maximum atomic E-state index is 13.2. The van der Waals surface area contributed by atoms with Gasteiger partial charge >= 0.3 is 12.0 Å². The van der Waals surface area contributed by atoms with E-state index in [1.807, 2.05) is 0 Å². The molecule has 0 spiro atoms. The Kier molecular flexibility index (Phi) is 3.22. The molecule has 0 heterocycles. The molecule has 1 aromatic rings. The third kappa shape index (κ3) is 2.67. The number of carbonyl (C=O) groups excluding carboxylic acids is 2. The number of methoxy groups -OCH3 is 1. The van der Waals surface area contributed by atoms with E-state index in [1.165, 1.54) is 19.2 Å². The first kappa shape index (κ1) is 11.0.